The van der Waals surface area contributed by atoms with Crippen molar-refractivity contribution in [3.8, 4) is 22.9 Å². The molecular weight excluding hydrogens is 334 g/mol. The monoisotopic (exact) mass is 351 g/mol. The van der Waals surface area contributed by atoms with Gasteiger partial charge in [0.2, 0.25) is 0 Å². The largest absolute Gasteiger partial charge is 0.488 e. The Labute approximate surface area is 149 Å². The highest BCUT2D eigenvalue weighted by atomic mass is 16.5. The number of H-pyrrole nitrogens is 1. The molecule has 4 heterocycles. The summed E-state index contributed by atoms with van der Waals surface area (Å²) in [5, 5.41) is 6.62. The Bertz CT molecular complexity index is 955. The Morgan fingerprint density at radius 3 is 2.92 bits per heavy atom. The number of methoxy groups -OCH3 is 1. The van der Waals surface area contributed by atoms with Crippen LogP contribution in [0.25, 0.3) is 11.3 Å². The van der Waals surface area contributed by atoms with E-state index >= 15 is 0 Å². The maximum atomic E-state index is 12.6. The molecule has 8 heteroatoms. The molecule has 132 valence electrons. The van der Waals surface area contributed by atoms with Gasteiger partial charge in [0.1, 0.15) is 0 Å². The van der Waals surface area contributed by atoms with Gasteiger partial charge in [0.15, 0.2) is 5.75 Å². The number of carbonyl (C=O) groups excluding carboxylic acids is 1. The molecule has 4 rings (SSSR count). The molecule has 1 aliphatic rings. The number of aromatic nitrogens is 4. The first-order chi connectivity index (χ1) is 12.7. The number of aromatic amines is 1. The summed E-state index contributed by atoms with van der Waals surface area (Å²) in [7, 11) is 1.55. The van der Waals surface area contributed by atoms with Crippen LogP contribution in [0, 0.1) is 0 Å². The first-order valence-electron chi connectivity index (χ1n) is 8.19. The molecule has 1 aliphatic heterocycles. The van der Waals surface area contributed by atoms with Crippen LogP contribution in [0.1, 0.15) is 23.0 Å². The van der Waals surface area contributed by atoms with E-state index in [9.17, 15) is 4.79 Å². The SMILES string of the molecule is CCOc1cc(-c2ccc3c(n2)CN(c2cn[nH]c2)C3=O)cnc1OC. The van der Waals surface area contributed by atoms with Gasteiger partial charge in [0.25, 0.3) is 11.8 Å². The third-order valence-corrected chi connectivity index (χ3v) is 4.16. The molecule has 26 heavy (non-hydrogen) atoms. The molecule has 3 aromatic rings. The number of fused-ring (bicyclic) bond motifs is 1. The summed E-state index contributed by atoms with van der Waals surface area (Å²) in [6.45, 7) is 2.81. The second kappa shape index (κ2) is 6.47. The van der Waals surface area contributed by atoms with Crippen LogP contribution in [0.15, 0.2) is 36.8 Å². The average Bonchev–Trinajstić information content (AvgIpc) is 3.30. The molecule has 0 atom stereocenters. The molecule has 0 bridgehead atoms. The van der Waals surface area contributed by atoms with E-state index in [0.29, 0.717) is 30.3 Å². The second-order valence-electron chi connectivity index (χ2n) is 5.70. The van der Waals surface area contributed by atoms with E-state index in [0.717, 1.165) is 22.6 Å². The lowest BCUT2D eigenvalue weighted by molar-refractivity contribution is 0.0996. The van der Waals surface area contributed by atoms with Gasteiger partial charge in [0.05, 0.1) is 49.1 Å². The fourth-order valence-corrected chi connectivity index (χ4v) is 2.93. The maximum Gasteiger partial charge on any atom is 0.260 e. The summed E-state index contributed by atoms with van der Waals surface area (Å²) in [5.74, 6) is 0.910. The molecule has 0 aromatic carbocycles. The minimum Gasteiger partial charge on any atom is -0.488 e. The number of nitrogens with one attached hydrogen (secondary N) is 1. The summed E-state index contributed by atoms with van der Waals surface area (Å²) in [4.78, 5) is 23.1. The van der Waals surface area contributed by atoms with Gasteiger partial charge in [-0.15, -0.1) is 0 Å². The molecule has 1 amide bonds. The topological polar surface area (TPSA) is 93.2 Å². The van der Waals surface area contributed by atoms with Gasteiger partial charge in [-0.25, -0.2) is 4.98 Å². The van der Waals surface area contributed by atoms with Crippen LogP contribution in [-0.4, -0.2) is 39.8 Å². The van der Waals surface area contributed by atoms with Crippen molar-refractivity contribution in [3.05, 3.63) is 48.0 Å². The highest BCUT2D eigenvalue weighted by Crippen LogP contribution is 2.32. The molecule has 0 radical (unpaired) electrons. The first-order valence-corrected chi connectivity index (χ1v) is 8.19. The molecular formula is C18H17N5O3. The van der Waals surface area contributed by atoms with Crippen LogP contribution in [0.5, 0.6) is 11.6 Å². The number of amides is 1. The number of nitrogens with zero attached hydrogens (tertiary/aromatic N) is 4. The van der Waals surface area contributed by atoms with Gasteiger partial charge >= 0.3 is 0 Å². The van der Waals surface area contributed by atoms with Gasteiger partial charge in [-0.2, -0.15) is 5.10 Å². The summed E-state index contributed by atoms with van der Waals surface area (Å²) < 4.78 is 10.8. The average molecular weight is 351 g/mol. The summed E-state index contributed by atoms with van der Waals surface area (Å²) in [6, 6.07) is 5.45. The lowest BCUT2D eigenvalue weighted by Gasteiger charge is -2.11. The Morgan fingerprint density at radius 2 is 2.19 bits per heavy atom. The molecule has 0 aliphatic carbocycles. The zero-order valence-electron chi connectivity index (χ0n) is 14.4. The van der Waals surface area contributed by atoms with Crippen LogP contribution in [0.2, 0.25) is 0 Å². The normalized spacial score (nSPS) is 13.0. The summed E-state index contributed by atoms with van der Waals surface area (Å²) >= 11 is 0. The molecule has 0 saturated carbocycles. The Hall–Kier alpha value is -3.42. The van der Waals surface area contributed by atoms with Gasteiger partial charge < -0.3 is 9.47 Å². The Morgan fingerprint density at radius 1 is 1.31 bits per heavy atom. The van der Waals surface area contributed by atoms with Crippen molar-refractivity contribution in [1.29, 1.82) is 0 Å². The fraction of sp³-hybridized carbons (Fsp3) is 0.222. The number of hydrogen-bond acceptors (Lipinski definition) is 6. The van der Waals surface area contributed by atoms with Gasteiger partial charge in [-0.3, -0.25) is 19.8 Å². The lowest BCUT2D eigenvalue weighted by atomic mass is 10.1. The van der Waals surface area contributed by atoms with E-state index in [1.165, 1.54) is 0 Å². The molecule has 3 aromatic heterocycles. The summed E-state index contributed by atoms with van der Waals surface area (Å²) in [5.41, 5.74) is 3.57. The number of rotatable bonds is 5. The third kappa shape index (κ3) is 2.65. The third-order valence-electron chi connectivity index (χ3n) is 4.16. The van der Waals surface area contributed by atoms with Crippen molar-refractivity contribution in [2.75, 3.05) is 18.6 Å². The molecule has 0 spiro atoms. The minimum absolute atomic E-state index is 0.0803. The predicted octanol–water partition coefficient (Wildman–Crippen LogP) is 2.43. The number of ether oxygens (including phenoxy) is 2. The van der Waals surface area contributed by atoms with Crippen LogP contribution in [-0.2, 0) is 6.54 Å². The van der Waals surface area contributed by atoms with E-state index in [4.69, 9.17) is 9.47 Å². The second-order valence-corrected chi connectivity index (χ2v) is 5.70. The molecule has 0 saturated heterocycles. The molecule has 0 unspecified atom stereocenters. The Kier molecular flexibility index (Phi) is 4.00. The van der Waals surface area contributed by atoms with Crippen LogP contribution >= 0.6 is 0 Å². The molecule has 1 N–H and O–H groups in total. The van der Waals surface area contributed by atoms with Crippen molar-refractivity contribution in [2.24, 2.45) is 0 Å². The smallest absolute Gasteiger partial charge is 0.260 e. The number of hydrogen-bond donors (Lipinski definition) is 1. The van der Waals surface area contributed by atoms with Crippen molar-refractivity contribution in [3.63, 3.8) is 0 Å². The fourth-order valence-electron chi connectivity index (χ4n) is 2.93. The van der Waals surface area contributed by atoms with Crippen molar-refractivity contribution in [2.45, 2.75) is 13.5 Å². The number of anilines is 1. The van der Waals surface area contributed by atoms with E-state index in [-0.39, 0.29) is 5.91 Å². The Balaban J connectivity index is 1.68. The van der Waals surface area contributed by atoms with E-state index in [1.807, 2.05) is 19.1 Å². The number of carbonyl (C=O) groups is 1. The zero-order valence-corrected chi connectivity index (χ0v) is 14.4. The van der Waals surface area contributed by atoms with Gasteiger partial charge in [0, 0.05) is 18.0 Å². The van der Waals surface area contributed by atoms with E-state index in [2.05, 4.69) is 20.2 Å². The zero-order chi connectivity index (χ0) is 18.1. The van der Waals surface area contributed by atoms with Crippen molar-refractivity contribution < 1.29 is 14.3 Å². The maximum absolute atomic E-state index is 12.6. The molecule has 8 nitrogen and oxygen atoms in total. The standard InChI is InChI=1S/C18H17N5O3/c1-3-26-16-6-11(7-19-17(16)25-2)14-5-4-13-15(22-14)10-23(18(13)24)12-8-20-21-9-12/h4-9H,3,10H2,1-2H3,(H,20,21). The predicted molar refractivity (Wildman–Crippen MR) is 94.3 cm³/mol. The van der Waals surface area contributed by atoms with Gasteiger partial charge in [-0.05, 0) is 25.1 Å². The van der Waals surface area contributed by atoms with E-state index in [1.54, 1.807) is 36.7 Å². The van der Waals surface area contributed by atoms with Gasteiger partial charge in [-0.1, -0.05) is 0 Å². The minimum atomic E-state index is -0.0803. The van der Waals surface area contributed by atoms with Crippen molar-refractivity contribution >= 4 is 11.6 Å². The molecule has 0 fully saturated rings. The highest BCUT2D eigenvalue weighted by Gasteiger charge is 2.30. The van der Waals surface area contributed by atoms with E-state index < -0.39 is 0 Å². The quantitative estimate of drug-likeness (QED) is 0.759. The van der Waals surface area contributed by atoms with Crippen molar-refractivity contribution in [1.82, 2.24) is 20.2 Å². The van der Waals surface area contributed by atoms with Crippen LogP contribution in [0.4, 0.5) is 5.69 Å². The number of pyridine rings is 2. The highest BCUT2D eigenvalue weighted by molar-refractivity contribution is 6.09. The van der Waals surface area contributed by atoms with Crippen LogP contribution < -0.4 is 14.4 Å². The first kappa shape index (κ1) is 16.1. The summed E-state index contributed by atoms with van der Waals surface area (Å²) in [6.07, 6.45) is 4.99. The lowest BCUT2D eigenvalue weighted by Crippen LogP contribution is -2.22. The van der Waals surface area contributed by atoms with Crippen LogP contribution in [0.3, 0.4) is 0 Å².